The maximum absolute atomic E-state index is 14.4. The van der Waals surface area contributed by atoms with Crippen LogP contribution in [0.5, 0.6) is 0 Å². The van der Waals surface area contributed by atoms with Crippen LogP contribution in [0.4, 0.5) is 10.1 Å². The molecule has 1 aromatic rings. The number of nitrogens with zero attached hydrogens (tertiary/aromatic N) is 1. The third-order valence-corrected chi connectivity index (χ3v) is 5.05. The molecule has 20 heavy (non-hydrogen) atoms. The fraction of sp³-hybridized carbons (Fsp3) is 0.625. The Morgan fingerprint density at radius 1 is 1.45 bits per heavy atom. The number of halogens is 1. The van der Waals surface area contributed by atoms with Crippen molar-refractivity contribution >= 4 is 17.4 Å². The van der Waals surface area contributed by atoms with Crippen molar-refractivity contribution < 1.29 is 4.39 Å². The van der Waals surface area contributed by atoms with Crippen LogP contribution in [0.1, 0.15) is 39.3 Å². The molecule has 1 unspecified atom stereocenters. The van der Waals surface area contributed by atoms with Crippen LogP contribution in [0.25, 0.3) is 0 Å². The van der Waals surface area contributed by atoms with Crippen LogP contribution in [0.3, 0.4) is 0 Å². The Kier molecular flexibility index (Phi) is 4.97. The quantitative estimate of drug-likeness (QED) is 0.909. The zero-order chi connectivity index (χ0) is 14.8. The summed E-state index contributed by atoms with van der Waals surface area (Å²) in [4.78, 5) is 2.17. The monoisotopic (exact) mass is 296 g/mol. The molecule has 112 valence electrons. The van der Waals surface area contributed by atoms with Gasteiger partial charge in [0, 0.05) is 29.6 Å². The largest absolute Gasteiger partial charge is 0.367 e. The minimum absolute atomic E-state index is 0.102. The molecule has 0 bridgehead atoms. The van der Waals surface area contributed by atoms with E-state index in [-0.39, 0.29) is 16.6 Å². The normalized spacial score (nSPS) is 19.9. The molecule has 1 fully saturated rings. The van der Waals surface area contributed by atoms with Gasteiger partial charge in [0.15, 0.2) is 0 Å². The Bertz CT molecular complexity index is 462. The lowest BCUT2D eigenvalue weighted by Gasteiger charge is -2.39. The number of thioether (sulfide) groups is 1. The minimum Gasteiger partial charge on any atom is -0.367 e. The highest BCUT2D eigenvalue weighted by Crippen LogP contribution is 2.33. The summed E-state index contributed by atoms with van der Waals surface area (Å²) in [6.07, 6.45) is 0. The Morgan fingerprint density at radius 3 is 2.80 bits per heavy atom. The summed E-state index contributed by atoms with van der Waals surface area (Å²) < 4.78 is 14.6. The molecule has 1 aliphatic heterocycles. The number of benzene rings is 1. The van der Waals surface area contributed by atoms with Gasteiger partial charge >= 0.3 is 0 Å². The molecular weight excluding hydrogens is 271 g/mol. The first-order valence-electron chi connectivity index (χ1n) is 7.34. The summed E-state index contributed by atoms with van der Waals surface area (Å²) in [6.45, 7) is 11.3. The van der Waals surface area contributed by atoms with Crippen LogP contribution in [-0.4, -0.2) is 30.1 Å². The molecule has 0 amide bonds. The molecule has 0 spiro atoms. The van der Waals surface area contributed by atoms with Crippen molar-refractivity contribution in [3.05, 3.63) is 29.6 Å². The zero-order valence-corrected chi connectivity index (χ0v) is 13.7. The van der Waals surface area contributed by atoms with Crippen molar-refractivity contribution in [2.24, 2.45) is 0 Å². The lowest BCUT2D eigenvalue weighted by Crippen LogP contribution is -2.43. The van der Waals surface area contributed by atoms with Crippen LogP contribution in [0, 0.1) is 5.82 Å². The van der Waals surface area contributed by atoms with Crippen LogP contribution < -0.4 is 10.2 Å². The summed E-state index contributed by atoms with van der Waals surface area (Å²) in [6, 6.07) is 5.85. The van der Waals surface area contributed by atoms with E-state index in [2.05, 4.69) is 37.9 Å². The van der Waals surface area contributed by atoms with Gasteiger partial charge in [0.1, 0.15) is 5.82 Å². The number of hydrogen-bond donors (Lipinski definition) is 1. The summed E-state index contributed by atoms with van der Waals surface area (Å²) in [5.74, 6) is 0.956. The van der Waals surface area contributed by atoms with Gasteiger partial charge in [-0.05, 0) is 45.0 Å². The molecule has 1 aromatic carbocycles. The van der Waals surface area contributed by atoms with Crippen molar-refractivity contribution in [3.63, 3.8) is 0 Å². The Balaban J connectivity index is 2.17. The van der Waals surface area contributed by atoms with Gasteiger partial charge in [-0.15, -0.1) is 0 Å². The molecule has 0 saturated carbocycles. The molecule has 1 aliphatic rings. The Morgan fingerprint density at radius 2 is 2.20 bits per heavy atom. The van der Waals surface area contributed by atoms with Crippen LogP contribution in [-0.2, 0) is 0 Å². The maximum Gasteiger partial charge on any atom is 0.146 e. The van der Waals surface area contributed by atoms with Gasteiger partial charge in [-0.2, -0.15) is 11.8 Å². The average molecular weight is 296 g/mol. The smallest absolute Gasteiger partial charge is 0.146 e. The van der Waals surface area contributed by atoms with Gasteiger partial charge in [0.2, 0.25) is 0 Å². The van der Waals surface area contributed by atoms with Gasteiger partial charge in [-0.25, -0.2) is 4.39 Å². The third-order valence-electron chi connectivity index (χ3n) is 3.75. The van der Waals surface area contributed by atoms with Crippen molar-refractivity contribution in [1.29, 1.82) is 0 Å². The molecule has 2 rings (SSSR count). The SMILES string of the molecule is CCNC(C)c1ccc(N2CCSC(C)(C)C2)c(F)c1. The fourth-order valence-corrected chi connectivity index (χ4v) is 3.81. The highest BCUT2D eigenvalue weighted by Gasteiger charge is 2.28. The first-order valence-corrected chi connectivity index (χ1v) is 8.33. The molecule has 1 saturated heterocycles. The molecule has 1 atom stereocenters. The standard InChI is InChI=1S/C16H25FN2S/c1-5-18-12(2)13-6-7-15(14(17)10-13)19-8-9-20-16(3,4)11-19/h6-7,10,12,18H,5,8-9,11H2,1-4H3. The van der Waals surface area contributed by atoms with Gasteiger partial charge in [-0.1, -0.05) is 13.0 Å². The second-order valence-corrected chi connectivity index (χ2v) is 7.82. The zero-order valence-electron chi connectivity index (χ0n) is 12.9. The molecule has 4 heteroatoms. The first-order chi connectivity index (χ1) is 9.43. The number of rotatable bonds is 4. The van der Waals surface area contributed by atoms with Gasteiger partial charge < -0.3 is 10.2 Å². The fourth-order valence-electron chi connectivity index (χ4n) is 2.70. The summed E-state index contributed by atoms with van der Waals surface area (Å²) in [5.41, 5.74) is 1.75. The lowest BCUT2D eigenvalue weighted by atomic mass is 10.1. The maximum atomic E-state index is 14.4. The van der Waals surface area contributed by atoms with E-state index >= 15 is 0 Å². The van der Waals surface area contributed by atoms with Crippen molar-refractivity contribution in [2.45, 2.75) is 38.5 Å². The second kappa shape index (κ2) is 6.35. The predicted octanol–water partition coefficient (Wildman–Crippen LogP) is 3.83. The molecule has 0 aliphatic carbocycles. The number of anilines is 1. The van der Waals surface area contributed by atoms with Gasteiger partial charge in [-0.3, -0.25) is 0 Å². The molecule has 1 heterocycles. The van der Waals surface area contributed by atoms with Gasteiger partial charge in [0.25, 0.3) is 0 Å². The predicted molar refractivity (Wildman–Crippen MR) is 87.2 cm³/mol. The average Bonchev–Trinajstić information content (AvgIpc) is 2.37. The Labute approximate surface area is 126 Å². The lowest BCUT2D eigenvalue weighted by molar-refractivity contribution is 0.575. The summed E-state index contributed by atoms with van der Waals surface area (Å²) >= 11 is 1.97. The van der Waals surface area contributed by atoms with E-state index < -0.39 is 0 Å². The van der Waals surface area contributed by atoms with Crippen molar-refractivity contribution in [1.82, 2.24) is 5.32 Å². The number of nitrogens with one attached hydrogen (secondary N) is 1. The first kappa shape index (κ1) is 15.6. The van der Waals surface area contributed by atoms with E-state index in [1.807, 2.05) is 23.9 Å². The molecule has 1 N–H and O–H groups in total. The number of hydrogen-bond acceptors (Lipinski definition) is 3. The minimum atomic E-state index is -0.102. The second-order valence-electron chi connectivity index (χ2n) is 6.02. The highest BCUT2D eigenvalue weighted by molar-refractivity contribution is 8.00. The van der Waals surface area contributed by atoms with Crippen molar-refractivity contribution in [3.8, 4) is 0 Å². The van der Waals surface area contributed by atoms with E-state index in [0.717, 1.165) is 36.6 Å². The Hall–Kier alpha value is -0.740. The van der Waals surface area contributed by atoms with Crippen LogP contribution >= 0.6 is 11.8 Å². The molecular formula is C16H25FN2S. The van der Waals surface area contributed by atoms with E-state index in [1.54, 1.807) is 6.07 Å². The third kappa shape index (κ3) is 3.67. The van der Waals surface area contributed by atoms with Crippen molar-refractivity contribution in [2.75, 3.05) is 30.3 Å². The van der Waals surface area contributed by atoms with Gasteiger partial charge in [0.05, 0.1) is 5.69 Å². The summed E-state index contributed by atoms with van der Waals surface area (Å²) in [7, 11) is 0. The highest BCUT2D eigenvalue weighted by atomic mass is 32.2. The van der Waals surface area contributed by atoms with E-state index in [1.165, 1.54) is 0 Å². The molecule has 0 aromatic heterocycles. The topological polar surface area (TPSA) is 15.3 Å². The van der Waals surface area contributed by atoms with E-state index in [4.69, 9.17) is 0 Å². The van der Waals surface area contributed by atoms with Crippen LogP contribution in [0.2, 0.25) is 0 Å². The van der Waals surface area contributed by atoms with E-state index in [9.17, 15) is 4.39 Å². The molecule has 2 nitrogen and oxygen atoms in total. The summed E-state index contributed by atoms with van der Waals surface area (Å²) in [5, 5.41) is 3.32. The van der Waals surface area contributed by atoms with E-state index in [0.29, 0.717) is 0 Å². The molecule has 0 radical (unpaired) electrons. The van der Waals surface area contributed by atoms with Crippen LogP contribution in [0.15, 0.2) is 18.2 Å².